The Morgan fingerprint density at radius 3 is 2.35 bits per heavy atom. The molecule has 1 N–H and O–H groups in total. The van der Waals surface area contributed by atoms with Crippen LogP contribution in [0.15, 0.2) is 78.3 Å². The molecule has 0 aliphatic heterocycles. The molecule has 0 aliphatic carbocycles. The number of rotatable bonds is 10. The predicted molar refractivity (Wildman–Crippen MR) is 133 cm³/mol. The molecule has 0 saturated heterocycles. The van der Waals surface area contributed by atoms with Crippen molar-refractivity contribution in [2.75, 3.05) is 6.54 Å². The maximum Gasteiger partial charge on any atom is 0.270 e. The molecule has 7 heteroatoms. The lowest BCUT2D eigenvalue weighted by molar-refractivity contribution is 0.0949. The second kappa shape index (κ2) is 11.6. The van der Waals surface area contributed by atoms with E-state index < -0.39 is 0 Å². The zero-order valence-corrected chi connectivity index (χ0v) is 19.9. The molecule has 34 heavy (non-hydrogen) atoms. The first-order valence-corrected chi connectivity index (χ1v) is 12.1. The van der Waals surface area contributed by atoms with Gasteiger partial charge in [0.05, 0.1) is 6.54 Å². The van der Waals surface area contributed by atoms with Gasteiger partial charge in [-0.25, -0.2) is 9.37 Å². The van der Waals surface area contributed by atoms with E-state index >= 15 is 0 Å². The molecule has 0 saturated carbocycles. The highest BCUT2D eigenvalue weighted by Gasteiger charge is 2.14. The van der Waals surface area contributed by atoms with Gasteiger partial charge in [0.2, 0.25) is 0 Å². The standard InChI is InChI=1S/C27H27FN4OS/c1-20-5-7-21(8-6-20)16-32(17-22-9-11-23(28)12-10-22)18-26-31-25(19-34-26)27(33)30-15-13-24-4-2-3-14-29-24/h2-12,14,19H,13,15-18H2,1H3,(H,30,33). The lowest BCUT2D eigenvalue weighted by Crippen LogP contribution is -2.26. The number of aromatic nitrogens is 2. The van der Waals surface area contributed by atoms with Crippen molar-refractivity contribution in [2.24, 2.45) is 0 Å². The largest absolute Gasteiger partial charge is 0.350 e. The molecule has 0 radical (unpaired) electrons. The van der Waals surface area contributed by atoms with Crippen LogP contribution in [0.3, 0.4) is 0 Å². The highest BCUT2D eigenvalue weighted by atomic mass is 32.1. The molecule has 1 amide bonds. The van der Waals surface area contributed by atoms with Crippen LogP contribution >= 0.6 is 11.3 Å². The number of amides is 1. The minimum atomic E-state index is -0.243. The number of aryl methyl sites for hydroxylation is 1. The predicted octanol–water partition coefficient (Wildman–Crippen LogP) is 5.16. The zero-order chi connectivity index (χ0) is 23.8. The lowest BCUT2D eigenvalue weighted by Gasteiger charge is -2.21. The molecule has 2 aromatic heterocycles. The average Bonchev–Trinajstić information content (AvgIpc) is 3.31. The van der Waals surface area contributed by atoms with E-state index in [-0.39, 0.29) is 11.7 Å². The van der Waals surface area contributed by atoms with Gasteiger partial charge in [0.1, 0.15) is 16.5 Å². The fourth-order valence-corrected chi connectivity index (χ4v) is 4.40. The van der Waals surface area contributed by atoms with Crippen LogP contribution in [0.2, 0.25) is 0 Å². The van der Waals surface area contributed by atoms with Gasteiger partial charge in [-0.1, -0.05) is 48.0 Å². The number of thiazole rings is 1. The molecule has 0 aliphatic rings. The zero-order valence-electron chi connectivity index (χ0n) is 19.1. The number of benzene rings is 2. The number of hydrogen-bond acceptors (Lipinski definition) is 5. The van der Waals surface area contributed by atoms with E-state index in [0.29, 0.717) is 31.7 Å². The van der Waals surface area contributed by atoms with Crippen LogP contribution in [0.4, 0.5) is 4.39 Å². The van der Waals surface area contributed by atoms with Crippen LogP contribution in [-0.4, -0.2) is 27.3 Å². The molecule has 4 rings (SSSR count). The van der Waals surface area contributed by atoms with Crippen molar-refractivity contribution in [3.8, 4) is 0 Å². The highest BCUT2D eigenvalue weighted by Crippen LogP contribution is 2.18. The summed E-state index contributed by atoms with van der Waals surface area (Å²) in [7, 11) is 0. The van der Waals surface area contributed by atoms with Gasteiger partial charge in [-0.3, -0.25) is 14.7 Å². The molecule has 5 nitrogen and oxygen atoms in total. The third-order valence-electron chi connectivity index (χ3n) is 5.38. The number of carbonyl (C=O) groups excluding carboxylic acids is 1. The maximum absolute atomic E-state index is 13.4. The normalized spacial score (nSPS) is 11.0. The minimum Gasteiger partial charge on any atom is -0.350 e. The van der Waals surface area contributed by atoms with Gasteiger partial charge < -0.3 is 5.32 Å². The van der Waals surface area contributed by atoms with E-state index in [2.05, 4.69) is 51.4 Å². The fraction of sp³-hybridized carbons (Fsp3) is 0.222. The first kappa shape index (κ1) is 23.7. The monoisotopic (exact) mass is 474 g/mol. The van der Waals surface area contributed by atoms with Crippen molar-refractivity contribution >= 4 is 17.2 Å². The van der Waals surface area contributed by atoms with Crippen molar-refractivity contribution in [3.05, 3.63) is 117 Å². The SMILES string of the molecule is Cc1ccc(CN(Cc2ccc(F)cc2)Cc2nc(C(=O)NCCc3ccccn3)cs2)cc1. The van der Waals surface area contributed by atoms with Crippen LogP contribution < -0.4 is 5.32 Å². The smallest absolute Gasteiger partial charge is 0.270 e. The van der Waals surface area contributed by atoms with Gasteiger partial charge in [-0.15, -0.1) is 11.3 Å². The Morgan fingerprint density at radius 1 is 0.971 bits per heavy atom. The second-order valence-corrected chi connectivity index (χ2v) is 9.15. The summed E-state index contributed by atoms with van der Waals surface area (Å²) in [6, 6.07) is 20.8. The van der Waals surface area contributed by atoms with Crippen LogP contribution in [0, 0.1) is 12.7 Å². The number of halogens is 1. The summed E-state index contributed by atoms with van der Waals surface area (Å²) in [6.45, 7) is 4.55. The van der Waals surface area contributed by atoms with Gasteiger partial charge in [-0.05, 0) is 42.3 Å². The summed E-state index contributed by atoms with van der Waals surface area (Å²) >= 11 is 1.48. The summed E-state index contributed by atoms with van der Waals surface area (Å²) in [5, 5.41) is 5.58. The first-order valence-electron chi connectivity index (χ1n) is 11.2. The molecular weight excluding hydrogens is 447 g/mol. The second-order valence-electron chi connectivity index (χ2n) is 8.21. The number of carbonyl (C=O) groups is 1. The fourth-order valence-electron chi connectivity index (χ4n) is 3.59. The van der Waals surface area contributed by atoms with E-state index in [0.717, 1.165) is 22.8 Å². The van der Waals surface area contributed by atoms with Gasteiger partial charge >= 0.3 is 0 Å². The van der Waals surface area contributed by atoms with Crippen molar-refractivity contribution in [3.63, 3.8) is 0 Å². The summed E-state index contributed by atoms with van der Waals surface area (Å²) in [4.78, 5) is 23.6. The third kappa shape index (κ3) is 7.04. The Hall–Kier alpha value is -3.42. The molecule has 2 heterocycles. The molecule has 4 aromatic rings. The number of nitrogens with one attached hydrogen (secondary N) is 1. The van der Waals surface area contributed by atoms with Crippen molar-refractivity contribution in [2.45, 2.75) is 33.0 Å². The molecule has 0 bridgehead atoms. The molecule has 0 unspecified atom stereocenters. The molecule has 0 atom stereocenters. The van der Waals surface area contributed by atoms with Gasteiger partial charge in [0.25, 0.3) is 5.91 Å². The average molecular weight is 475 g/mol. The molecule has 2 aromatic carbocycles. The number of nitrogens with zero attached hydrogens (tertiary/aromatic N) is 3. The molecular formula is C27H27FN4OS. The van der Waals surface area contributed by atoms with E-state index in [9.17, 15) is 9.18 Å². The molecule has 0 spiro atoms. The van der Waals surface area contributed by atoms with Crippen molar-refractivity contribution in [1.29, 1.82) is 0 Å². The minimum absolute atomic E-state index is 0.179. The van der Waals surface area contributed by atoms with Gasteiger partial charge in [0.15, 0.2) is 0 Å². The van der Waals surface area contributed by atoms with Gasteiger partial charge in [0, 0.05) is 43.3 Å². The number of hydrogen-bond donors (Lipinski definition) is 1. The van der Waals surface area contributed by atoms with E-state index in [1.165, 1.54) is 34.6 Å². The Bertz CT molecular complexity index is 1150. The van der Waals surface area contributed by atoms with Crippen LogP contribution in [-0.2, 0) is 26.1 Å². The van der Waals surface area contributed by atoms with E-state index in [1.54, 1.807) is 23.7 Å². The molecule has 174 valence electrons. The highest BCUT2D eigenvalue weighted by molar-refractivity contribution is 7.09. The summed E-state index contributed by atoms with van der Waals surface area (Å²) < 4.78 is 13.4. The van der Waals surface area contributed by atoms with E-state index in [4.69, 9.17) is 0 Å². The van der Waals surface area contributed by atoms with Gasteiger partial charge in [-0.2, -0.15) is 0 Å². The van der Waals surface area contributed by atoms with Crippen LogP contribution in [0.25, 0.3) is 0 Å². The summed E-state index contributed by atoms with van der Waals surface area (Å²) in [5.74, 6) is -0.422. The molecule has 0 fully saturated rings. The maximum atomic E-state index is 13.4. The quantitative estimate of drug-likeness (QED) is 0.345. The lowest BCUT2D eigenvalue weighted by atomic mass is 10.1. The number of pyridine rings is 1. The van der Waals surface area contributed by atoms with Crippen molar-refractivity contribution in [1.82, 2.24) is 20.2 Å². The van der Waals surface area contributed by atoms with Crippen LogP contribution in [0.5, 0.6) is 0 Å². The Kier molecular flexibility index (Phi) is 8.12. The Labute approximate surface area is 203 Å². The van der Waals surface area contributed by atoms with Crippen molar-refractivity contribution < 1.29 is 9.18 Å². The van der Waals surface area contributed by atoms with E-state index in [1.807, 2.05) is 18.2 Å². The first-order chi connectivity index (χ1) is 16.5. The Balaban J connectivity index is 1.39. The summed E-state index contributed by atoms with van der Waals surface area (Å²) in [5.41, 5.74) is 4.80. The summed E-state index contributed by atoms with van der Waals surface area (Å²) in [6.07, 6.45) is 2.42. The third-order valence-corrected chi connectivity index (χ3v) is 6.22. The van der Waals surface area contributed by atoms with Crippen LogP contribution in [0.1, 0.15) is 37.9 Å². The topological polar surface area (TPSA) is 58.1 Å². The Morgan fingerprint density at radius 2 is 1.68 bits per heavy atom.